The van der Waals surface area contributed by atoms with E-state index in [-0.39, 0.29) is 5.91 Å². The summed E-state index contributed by atoms with van der Waals surface area (Å²) >= 11 is 1.66. The second-order valence-corrected chi connectivity index (χ2v) is 11.4. The minimum absolute atomic E-state index is 0.180. The Morgan fingerprint density at radius 3 is 2.69 bits per heavy atom. The molecule has 6 rings (SSSR count). The van der Waals surface area contributed by atoms with Crippen LogP contribution in [0.2, 0.25) is 0 Å². The summed E-state index contributed by atoms with van der Waals surface area (Å²) in [6.07, 6.45) is 6.57. The topological polar surface area (TPSA) is 71.5 Å². The maximum absolute atomic E-state index is 12.8. The van der Waals surface area contributed by atoms with Gasteiger partial charge in [0, 0.05) is 43.5 Å². The number of likely N-dealkylation sites (tertiary alicyclic amines) is 2. The van der Waals surface area contributed by atoms with Gasteiger partial charge < -0.3 is 9.64 Å². The summed E-state index contributed by atoms with van der Waals surface area (Å²) in [5.74, 6) is 0.896. The van der Waals surface area contributed by atoms with Gasteiger partial charge in [0.2, 0.25) is 5.91 Å². The van der Waals surface area contributed by atoms with Crippen LogP contribution in [0.1, 0.15) is 47.1 Å². The zero-order valence-corrected chi connectivity index (χ0v) is 21.2. The fraction of sp³-hybridized carbons (Fsp3) is 0.481. The molecule has 0 radical (unpaired) electrons. The molecule has 7 nitrogen and oxygen atoms in total. The Bertz CT molecular complexity index is 1220. The number of ether oxygens (including phenoxy) is 1. The highest BCUT2D eigenvalue weighted by atomic mass is 32.1. The number of fused-ring (bicyclic) bond motifs is 1. The predicted molar refractivity (Wildman–Crippen MR) is 135 cm³/mol. The van der Waals surface area contributed by atoms with Gasteiger partial charge in [-0.15, -0.1) is 10.2 Å². The molecule has 0 bridgehead atoms. The van der Waals surface area contributed by atoms with Gasteiger partial charge in [-0.25, -0.2) is 0 Å². The lowest BCUT2D eigenvalue weighted by atomic mass is 9.71. The molecule has 182 valence electrons. The third-order valence-corrected chi connectivity index (χ3v) is 8.91. The van der Waals surface area contributed by atoms with E-state index in [0.717, 1.165) is 61.2 Å². The molecular weight excluding hydrogens is 458 g/mol. The fourth-order valence-corrected chi connectivity index (χ4v) is 6.69. The quantitative estimate of drug-likeness (QED) is 0.538. The van der Waals surface area contributed by atoms with Crippen molar-refractivity contribution in [2.45, 2.75) is 45.1 Å². The Balaban J connectivity index is 1.03. The van der Waals surface area contributed by atoms with E-state index >= 15 is 0 Å². The first-order valence-corrected chi connectivity index (χ1v) is 13.3. The van der Waals surface area contributed by atoms with Gasteiger partial charge in [0.25, 0.3) is 0 Å². The zero-order valence-electron chi connectivity index (χ0n) is 20.4. The number of hydrogen-bond donors (Lipinski definition) is 0. The van der Waals surface area contributed by atoms with Gasteiger partial charge >= 0.3 is 0 Å². The molecule has 0 N–H and O–H groups in total. The molecule has 3 aliphatic rings. The van der Waals surface area contributed by atoms with Gasteiger partial charge in [0.1, 0.15) is 15.8 Å². The van der Waals surface area contributed by atoms with Crippen LogP contribution >= 0.6 is 11.3 Å². The average molecular weight is 490 g/mol. The van der Waals surface area contributed by atoms with Crippen LogP contribution < -0.4 is 4.74 Å². The van der Waals surface area contributed by atoms with Crippen LogP contribution in [0.25, 0.3) is 10.6 Å². The average Bonchev–Trinajstić information content (AvgIpc) is 3.49. The molecular formula is C27H31N5O2S. The fourth-order valence-electron chi connectivity index (χ4n) is 6.01. The largest absolute Gasteiger partial charge is 0.495 e. The molecule has 0 saturated carbocycles. The Labute approximate surface area is 210 Å². The number of rotatable bonds is 5. The number of carbonyl (C=O) groups excluding carboxylic acids is 1. The van der Waals surface area contributed by atoms with E-state index in [0.29, 0.717) is 23.6 Å². The molecule has 35 heavy (non-hydrogen) atoms. The monoisotopic (exact) mass is 489 g/mol. The van der Waals surface area contributed by atoms with Crippen LogP contribution in [0.5, 0.6) is 5.75 Å². The normalized spacial score (nSPS) is 21.1. The lowest BCUT2D eigenvalue weighted by molar-refractivity contribution is -0.136. The van der Waals surface area contributed by atoms with Crippen molar-refractivity contribution in [3.63, 3.8) is 0 Å². The maximum atomic E-state index is 12.8. The van der Waals surface area contributed by atoms with E-state index < -0.39 is 0 Å². The molecule has 1 unspecified atom stereocenters. The summed E-state index contributed by atoms with van der Waals surface area (Å²) in [7, 11) is 1.62. The van der Waals surface area contributed by atoms with Crippen LogP contribution in [0.4, 0.5) is 0 Å². The number of aryl methyl sites for hydroxylation is 2. The summed E-state index contributed by atoms with van der Waals surface area (Å²) in [6.45, 7) is 6.01. The van der Waals surface area contributed by atoms with Crippen molar-refractivity contribution in [2.24, 2.45) is 5.41 Å². The van der Waals surface area contributed by atoms with Crippen molar-refractivity contribution >= 4 is 17.2 Å². The lowest BCUT2D eigenvalue weighted by Gasteiger charge is -2.56. The minimum atomic E-state index is 0.180. The van der Waals surface area contributed by atoms with Crippen molar-refractivity contribution in [1.29, 1.82) is 0 Å². The van der Waals surface area contributed by atoms with E-state index in [4.69, 9.17) is 4.74 Å². The number of benzene rings is 1. The van der Waals surface area contributed by atoms with Gasteiger partial charge in [-0.1, -0.05) is 23.5 Å². The van der Waals surface area contributed by atoms with E-state index in [9.17, 15) is 4.79 Å². The van der Waals surface area contributed by atoms with Gasteiger partial charge in [0.05, 0.1) is 19.7 Å². The first-order chi connectivity index (χ1) is 17.0. The van der Waals surface area contributed by atoms with Gasteiger partial charge in [0.15, 0.2) is 0 Å². The second-order valence-electron chi connectivity index (χ2n) is 10.2. The number of nitrogens with zero attached hydrogens (tertiary/aromatic N) is 5. The molecule has 1 aliphatic carbocycles. The van der Waals surface area contributed by atoms with Gasteiger partial charge in [-0.3, -0.25) is 14.7 Å². The van der Waals surface area contributed by atoms with E-state index in [2.05, 4.69) is 38.3 Å². The summed E-state index contributed by atoms with van der Waals surface area (Å²) in [4.78, 5) is 21.9. The molecule has 8 heteroatoms. The first-order valence-electron chi connectivity index (χ1n) is 12.5. The maximum Gasteiger partial charge on any atom is 0.228 e. The summed E-state index contributed by atoms with van der Waals surface area (Å²) in [5, 5.41) is 10.5. The predicted octanol–water partition coefficient (Wildman–Crippen LogP) is 4.07. The SMILES string of the molecule is COc1ccc(CC(=O)N2CCC3(CC2)CN(C2CCc4cc(-c5nnc(C)s5)ccc42)C3)nc1. The van der Waals surface area contributed by atoms with Crippen LogP contribution in [0.3, 0.4) is 0 Å². The highest BCUT2D eigenvalue weighted by molar-refractivity contribution is 7.14. The Kier molecular flexibility index (Phi) is 5.81. The molecule has 1 spiro atoms. The van der Waals surface area contributed by atoms with Crippen molar-refractivity contribution in [1.82, 2.24) is 25.0 Å². The third-order valence-electron chi connectivity index (χ3n) is 8.02. The Morgan fingerprint density at radius 2 is 2.00 bits per heavy atom. The summed E-state index contributed by atoms with van der Waals surface area (Å²) in [6, 6.07) is 11.1. The minimum Gasteiger partial charge on any atom is -0.495 e. The molecule has 1 aromatic carbocycles. The molecule has 1 atom stereocenters. The Hall–Kier alpha value is -2.84. The van der Waals surface area contributed by atoms with E-state index in [1.807, 2.05) is 24.0 Å². The summed E-state index contributed by atoms with van der Waals surface area (Å²) < 4.78 is 5.16. The number of carbonyl (C=O) groups is 1. The van der Waals surface area contributed by atoms with Gasteiger partial charge in [-0.2, -0.15) is 0 Å². The van der Waals surface area contributed by atoms with Crippen LogP contribution in [0.15, 0.2) is 36.5 Å². The molecule has 2 aromatic heterocycles. The Morgan fingerprint density at radius 1 is 1.17 bits per heavy atom. The van der Waals surface area contributed by atoms with Crippen molar-refractivity contribution in [3.8, 4) is 16.3 Å². The molecule has 3 aromatic rings. The first kappa shape index (κ1) is 22.6. The number of amides is 1. The van der Waals surface area contributed by atoms with Crippen molar-refractivity contribution in [2.75, 3.05) is 33.3 Å². The van der Waals surface area contributed by atoms with Crippen LogP contribution in [0, 0.1) is 12.3 Å². The lowest BCUT2D eigenvalue weighted by Crippen LogP contribution is -2.61. The number of aromatic nitrogens is 3. The highest BCUT2D eigenvalue weighted by Gasteiger charge is 2.48. The number of pyridine rings is 1. The molecule has 4 heterocycles. The zero-order chi connectivity index (χ0) is 24.0. The van der Waals surface area contributed by atoms with E-state index in [1.54, 1.807) is 24.6 Å². The molecule has 2 aliphatic heterocycles. The standard InChI is InChI=1S/C27H31N5O2S/c1-18-29-30-26(35-18)20-3-7-23-19(13-20)4-8-24(23)32-16-27(17-32)9-11-31(12-10-27)25(33)14-21-5-6-22(34-2)15-28-21/h3,5-7,13,15,24H,4,8-12,14,16-17H2,1-2H3. The molecule has 1 amide bonds. The van der Waals surface area contributed by atoms with Crippen molar-refractivity contribution in [3.05, 3.63) is 58.4 Å². The highest BCUT2D eigenvalue weighted by Crippen LogP contribution is 2.48. The molecule has 2 fully saturated rings. The van der Waals surface area contributed by atoms with Gasteiger partial charge in [-0.05, 0) is 67.3 Å². The number of hydrogen-bond acceptors (Lipinski definition) is 7. The van der Waals surface area contributed by atoms with Crippen molar-refractivity contribution < 1.29 is 9.53 Å². The van der Waals surface area contributed by atoms with Crippen LogP contribution in [-0.4, -0.2) is 64.2 Å². The number of methoxy groups -OCH3 is 1. The van der Waals surface area contributed by atoms with E-state index in [1.165, 1.54) is 23.1 Å². The molecule has 2 saturated heterocycles. The third kappa shape index (κ3) is 4.34. The smallest absolute Gasteiger partial charge is 0.228 e. The second kappa shape index (κ2) is 8.99. The van der Waals surface area contributed by atoms with Crippen LogP contribution in [-0.2, 0) is 17.6 Å². The number of piperidine rings is 1. The summed E-state index contributed by atoms with van der Waals surface area (Å²) in [5.41, 5.74) is 5.33.